The second-order valence-electron chi connectivity index (χ2n) is 6.99. The van der Waals surface area contributed by atoms with E-state index in [1.165, 1.54) is 5.56 Å². The molecule has 2 nitrogen and oxygen atoms in total. The average molecular weight is 328 g/mol. The average Bonchev–Trinajstić information content (AvgIpc) is 2.58. The van der Waals surface area contributed by atoms with Gasteiger partial charge < -0.3 is 4.74 Å². The SMILES string of the molecule is CC(C)(C)c1ccc(C(CF)OC(=O)CCc2ccccc2)cc1. The number of halogens is 1. The first-order chi connectivity index (χ1) is 11.4. The van der Waals surface area contributed by atoms with Crippen LogP contribution in [0.15, 0.2) is 54.6 Å². The summed E-state index contributed by atoms with van der Waals surface area (Å²) < 4.78 is 18.6. The van der Waals surface area contributed by atoms with E-state index in [0.29, 0.717) is 12.0 Å². The van der Waals surface area contributed by atoms with Crippen molar-refractivity contribution >= 4 is 5.97 Å². The van der Waals surface area contributed by atoms with Crippen molar-refractivity contribution in [2.45, 2.75) is 45.1 Å². The summed E-state index contributed by atoms with van der Waals surface area (Å²) in [6, 6.07) is 17.3. The van der Waals surface area contributed by atoms with Crippen molar-refractivity contribution < 1.29 is 13.9 Å². The highest BCUT2D eigenvalue weighted by Gasteiger charge is 2.18. The summed E-state index contributed by atoms with van der Waals surface area (Å²) in [7, 11) is 0. The van der Waals surface area contributed by atoms with E-state index in [-0.39, 0.29) is 17.8 Å². The van der Waals surface area contributed by atoms with Crippen LogP contribution in [0.2, 0.25) is 0 Å². The maximum absolute atomic E-state index is 13.3. The molecule has 3 heteroatoms. The Labute approximate surface area is 143 Å². The molecule has 2 rings (SSSR count). The Balaban J connectivity index is 1.94. The molecule has 1 unspecified atom stereocenters. The number of benzene rings is 2. The summed E-state index contributed by atoms with van der Waals surface area (Å²) in [6.07, 6.45) is 0.0182. The van der Waals surface area contributed by atoms with Crippen molar-refractivity contribution in [1.82, 2.24) is 0 Å². The van der Waals surface area contributed by atoms with Gasteiger partial charge in [0.25, 0.3) is 0 Å². The molecule has 1 atom stereocenters. The van der Waals surface area contributed by atoms with Crippen molar-refractivity contribution in [2.24, 2.45) is 0 Å². The lowest BCUT2D eigenvalue weighted by Crippen LogP contribution is -2.15. The van der Waals surface area contributed by atoms with Gasteiger partial charge in [0.1, 0.15) is 6.67 Å². The minimum Gasteiger partial charge on any atom is -0.455 e. The Hall–Kier alpha value is -2.16. The number of alkyl halides is 1. The minimum atomic E-state index is -0.831. The molecule has 0 saturated carbocycles. The van der Waals surface area contributed by atoms with Gasteiger partial charge in [-0.1, -0.05) is 75.4 Å². The predicted octanol–water partition coefficient (Wildman–Crippen LogP) is 5.17. The van der Waals surface area contributed by atoms with E-state index in [0.717, 1.165) is 5.56 Å². The van der Waals surface area contributed by atoms with Gasteiger partial charge in [0.2, 0.25) is 0 Å². The third-order valence-electron chi connectivity index (χ3n) is 4.02. The second kappa shape index (κ2) is 8.09. The number of hydrogen-bond acceptors (Lipinski definition) is 2. The first kappa shape index (κ1) is 18.2. The summed E-state index contributed by atoms with van der Waals surface area (Å²) in [5.41, 5.74) is 2.97. The Morgan fingerprint density at radius 1 is 1.04 bits per heavy atom. The maximum Gasteiger partial charge on any atom is 0.306 e. The molecule has 0 amide bonds. The van der Waals surface area contributed by atoms with Gasteiger partial charge in [-0.25, -0.2) is 4.39 Å². The van der Waals surface area contributed by atoms with Crippen LogP contribution in [0.3, 0.4) is 0 Å². The van der Waals surface area contributed by atoms with Gasteiger partial charge in [-0.2, -0.15) is 0 Å². The molecule has 0 bridgehead atoms. The standard InChI is InChI=1S/C21H25FO2/c1-21(2,3)18-12-10-17(11-13-18)19(15-22)24-20(23)14-9-16-7-5-4-6-8-16/h4-8,10-13,19H,9,14-15H2,1-3H3. The third kappa shape index (κ3) is 5.19. The van der Waals surface area contributed by atoms with E-state index in [1.807, 2.05) is 54.6 Å². The monoisotopic (exact) mass is 328 g/mol. The molecule has 2 aromatic rings. The van der Waals surface area contributed by atoms with Crippen molar-refractivity contribution in [3.8, 4) is 0 Å². The van der Waals surface area contributed by atoms with Gasteiger partial charge in [-0.05, 0) is 28.5 Å². The van der Waals surface area contributed by atoms with Crippen molar-refractivity contribution in [2.75, 3.05) is 6.67 Å². The molecular formula is C21H25FO2. The summed E-state index contributed by atoms with van der Waals surface area (Å²) >= 11 is 0. The largest absolute Gasteiger partial charge is 0.455 e. The molecule has 0 spiro atoms. The van der Waals surface area contributed by atoms with Crippen LogP contribution in [0.1, 0.15) is 50.0 Å². The van der Waals surface area contributed by atoms with Crippen LogP contribution in [-0.4, -0.2) is 12.6 Å². The van der Waals surface area contributed by atoms with Crippen molar-refractivity contribution in [3.05, 3.63) is 71.3 Å². The van der Waals surface area contributed by atoms with Gasteiger partial charge in [0.15, 0.2) is 6.10 Å². The fourth-order valence-electron chi connectivity index (χ4n) is 2.50. The Kier molecular flexibility index (Phi) is 6.13. The highest BCUT2D eigenvalue weighted by atomic mass is 19.1. The van der Waals surface area contributed by atoms with Crippen LogP contribution >= 0.6 is 0 Å². The maximum atomic E-state index is 13.3. The molecule has 0 aliphatic heterocycles. The van der Waals surface area contributed by atoms with E-state index < -0.39 is 12.8 Å². The van der Waals surface area contributed by atoms with Crippen molar-refractivity contribution in [1.29, 1.82) is 0 Å². The third-order valence-corrected chi connectivity index (χ3v) is 4.02. The van der Waals surface area contributed by atoms with Gasteiger partial charge in [0.05, 0.1) is 0 Å². The first-order valence-corrected chi connectivity index (χ1v) is 8.30. The molecule has 0 N–H and O–H groups in total. The Bertz CT molecular complexity index is 642. The van der Waals surface area contributed by atoms with Gasteiger partial charge in [0, 0.05) is 6.42 Å². The van der Waals surface area contributed by atoms with Gasteiger partial charge in [-0.15, -0.1) is 0 Å². The number of carbonyl (C=O) groups is 1. The first-order valence-electron chi connectivity index (χ1n) is 8.30. The van der Waals surface area contributed by atoms with E-state index in [2.05, 4.69) is 20.8 Å². The number of esters is 1. The molecule has 2 aromatic carbocycles. The van der Waals surface area contributed by atoms with E-state index >= 15 is 0 Å². The van der Waals surface area contributed by atoms with Crippen LogP contribution in [0.25, 0.3) is 0 Å². The van der Waals surface area contributed by atoms with Crippen LogP contribution in [0, 0.1) is 0 Å². The van der Waals surface area contributed by atoms with Crippen LogP contribution in [-0.2, 0) is 21.4 Å². The molecule has 0 heterocycles. The molecule has 0 fully saturated rings. The van der Waals surface area contributed by atoms with E-state index in [4.69, 9.17) is 4.74 Å². The Morgan fingerprint density at radius 2 is 1.67 bits per heavy atom. The zero-order chi connectivity index (χ0) is 17.6. The molecule has 0 aliphatic rings. The van der Waals surface area contributed by atoms with Gasteiger partial charge >= 0.3 is 5.97 Å². The quantitative estimate of drug-likeness (QED) is 0.684. The molecule has 0 saturated heterocycles. The summed E-state index contributed by atoms with van der Waals surface area (Å²) in [4.78, 5) is 12.0. The number of hydrogen-bond donors (Lipinski definition) is 0. The van der Waals surface area contributed by atoms with Crippen LogP contribution < -0.4 is 0 Å². The van der Waals surface area contributed by atoms with Crippen molar-refractivity contribution in [3.63, 3.8) is 0 Å². The number of ether oxygens (including phenoxy) is 1. The number of carbonyl (C=O) groups excluding carboxylic acids is 1. The lowest BCUT2D eigenvalue weighted by molar-refractivity contribution is -0.150. The zero-order valence-electron chi connectivity index (χ0n) is 14.6. The summed E-state index contributed by atoms with van der Waals surface area (Å²) in [6.45, 7) is 5.65. The second-order valence-corrected chi connectivity index (χ2v) is 6.99. The van der Waals surface area contributed by atoms with E-state index in [9.17, 15) is 9.18 Å². The fourth-order valence-corrected chi connectivity index (χ4v) is 2.50. The molecule has 128 valence electrons. The Morgan fingerprint density at radius 3 is 2.21 bits per heavy atom. The fraction of sp³-hybridized carbons (Fsp3) is 0.381. The highest BCUT2D eigenvalue weighted by molar-refractivity contribution is 5.70. The molecule has 0 aliphatic carbocycles. The van der Waals surface area contributed by atoms with Crippen LogP contribution in [0.4, 0.5) is 4.39 Å². The van der Waals surface area contributed by atoms with E-state index in [1.54, 1.807) is 0 Å². The lowest BCUT2D eigenvalue weighted by Gasteiger charge is -2.21. The van der Waals surface area contributed by atoms with Gasteiger partial charge in [-0.3, -0.25) is 4.79 Å². The smallest absolute Gasteiger partial charge is 0.306 e. The normalized spacial score (nSPS) is 12.7. The molecular weight excluding hydrogens is 303 g/mol. The summed E-state index contributed by atoms with van der Waals surface area (Å²) in [5, 5.41) is 0. The van der Waals surface area contributed by atoms with Crippen LogP contribution in [0.5, 0.6) is 0 Å². The number of rotatable bonds is 6. The molecule has 0 aromatic heterocycles. The highest BCUT2D eigenvalue weighted by Crippen LogP contribution is 2.25. The predicted molar refractivity (Wildman–Crippen MR) is 94.7 cm³/mol. The number of aryl methyl sites for hydroxylation is 1. The molecule has 0 radical (unpaired) electrons. The lowest BCUT2D eigenvalue weighted by atomic mass is 9.86. The molecule has 24 heavy (non-hydrogen) atoms. The topological polar surface area (TPSA) is 26.3 Å². The summed E-state index contributed by atoms with van der Waals surface area (Å²) in [5.74, 6) is -0.374. The zero-order valence-corrected chi connectivity index (χ0v) is 14.6. The minimum absolute atomic E-state index is 0.0378.